The van der Waals surface area contributed by atoms with Gasteiger partial charge in [0, 0.05) is 5.56 Å². The molecule has 0 aromatic heterocycles. The molecule has 0 aliphatic carbocycles. The standard InChI is InChI=1S/C24H19NO6S/c1-16-3-7-18(8-4-16)23-25-22(24(26)30-23)15-17-5-9-20(10-6-17)31-32(27,28)21-13-11-19(29-2)12-14-21/h3-15H,1-2H3/b22-15+. The van der Waals surface area contributed by atoms with Crippen molar-refractivity contribution in [1.29, 1.82) is 0 Å². The molecular weight excluding hydrogens is 430 g/mol. The Labute approximate surface area is 185 Å². The maximum atomic E-state index is 12.4. The summed E-state index contributed by atoms with van der Waals surface area (Å²) in [6.45, 7) is 1.97. The summed E-state index contributed by atoms with van der Waals surface area (Å²) >= 11 is 0. The Morgan fingerprint density at radius 2 is 1.50 bits per heavy atom. The van der Waals surface area contributed by atoms with Crippen LogP contribution in [0.4, 0.5) is 0 Å². The third-order valence-electron chi connectivity index (χ3n) is 4.66. The molecule has 1 heterocycles. The van der Waals surface area contributed by atoms with Crippen LogP contribution in [0.1, 0.15) is 16.7 Å². The molecular formula is C24H19NO6S. The van der Waals surface area contributed by atoms with E-state index in [0.29, 0.717) is 16.9 Å². The summed E-state index contributed by atoms with van der Waals surface area (Å²) in [6, 6.07) is 19.6. The fourth-order valence-corrected chi connectivity index (χ4v) is 3.85. The molecule has 0 unspecified atom stereocenters. The predicted molar refractivity (Wildman–Crippen MR) is 119 cm³/mol. The molecule has 0 radical (unpaired) electrons. The van der Waals surface area contributed by atoms with E-state index in [-0.39, 0.29) is 22.2 Å². The van der Waals surface area contributed by atoms with Crippen molar-refractivity contribution in [2.24, 2.45) is 4.99 Å². The van der Waals surface area contributed by atoms with E-state index in [9.17, 15) is 13.2 Å². The molecule has 7 nitrogen and oxygen atoms in total. The topological polar surface area (TPSA) is 91.3 Å². The Morgan fingerprint density at radius 3 is 2.12 bits per heavy atom. The highest BCUT2D eigenvalue weighted by atomic mass is 32.2. The number of ether oxygens (including phenoxy) is 2. The third-order valence-corrected chi connectivity index (χ3v) is 5.92. The van der Waals surface area contributed by atoms with E-state index in [1.807, 2.05) is 31.2 Å². The van der Waals surface area contributed by atoms with Gasteiger partial charge in [-0.15, -0.1) is 0 Å². The Morgan fingerprint density at radius 1 is 0.875 bits per heavy atom. The zero-order chi connectivity index (χ0) is 22.7. The van der Waals surface area contributed by atoms with E-state index in [4.69, 9.17) is 13.7 Å². The quantitative estimate of drug-likeness (QED) is 0.319. The minimum atomic E-state index is -3.99. The van der Waals surface area contributed by atoms with Crippen molar-refractivity contribution < 1.29 is 26.9 Å². The molecule has 0 saturated heterocycles. The molecule has 4 rings (SSSR count). The van der Waals surface area contributed by atoms with Gasteiger partial charge in [-0.25, -0.2) is 9.79 Å². The number of methoxy groups -OCH3 is 1. The average Bonchev–Trinajstić information content (AvgIpc) is 3.15. The number of cyclic esters (lactones) is 1. The molecule has 0 atom stereocenters. The fraction of sp³-hybridized carbons (Fsp3) is 0.0833. The largest absolute Gasteiger partial charge is 0.497 e. The van der Waals surface area contributed by atoms with E-state index in [1.165, 1.54) is 43.5 Å². The second-order valence-electron chi connectivity index (χ2n) is 6.98. The molecule has 3 aromatic carbocycles. The number of carbonyl (C=O) groups excluding carboxylic acids is 1. The van der Waals surface area contributed by atoms with Crippen LogP contribution < -0.4 is 8.92 Å². The maximum absolute atomic E-state index is 12.4. The van der Waals surface area contributed by atoms with Crippen LogP contribution in [-0.2, 0) is 19.6 Å². The Kier molecular flexibility index (Phi) is 5.79. The monoisotopic (exact) mass is 449 g/mol. The van der Waals surface area contributed by atoms with Crippen LogP contribution in [0.2, 0.25) is 0 Å². The first-order valence-corrected chi connectivity index (χ1v) is 11.0. The zero-order valence-electron chi connectivity index (χ0n) is 17.3. The van der Waals surface area contributed by atoms with Crippen molar-refractivity contribution in [3.8, 4) is 11.5 Å². The first-order valence-electron chi connectivity index (χ1n) is 9.62. The number of hydrogen-bond acceptors (Lipinski definition) is 7. The molecule has 0 N–H and O–H groups in total. The molecule has 0 spiro atoms. The van der Waals surface area contributed by atoms with Gasteiger partial charge in [-0.05, 0) is 67.1 Å². The summed E-state index contributed by atoms with van der Waals surface area (Å²) in [5.74, 6) is 0.371. The Hall–Kier alpha value is -3.91. The number of carbonyl (C=O) groups is 1. The lowest BCUT2D eigenvalue weighted by Crippen LogP contribution is -2.09. The SMILES string of the molecule is COc1ccc(S(=O)(=O)Oc2ccc(/C=C3/N=C(c4ccc(C)cc4)OC3=O)cc2)cc1. The van der Waals surface area contributed by atoms with Crippen molar-refractivity contribution in [1.82, 2.24) is 0 Å². The zero-order valence-corrected chi connectivity index (χ0v) is 18.1. The number of hydrogen-bond donors (Lipinski definition) is 0. The van der Waals surface area contributed by atoms with Gasteiger partial charge in [-0.1, -0.05) is 29.8 Å². The van der Waals surface area contributed by atoms with Crippen molar-refractivity contribution in [3.63, 3.8) is 0 Å². The molecule has 0 amide bonds. The third kappa shape index (κ3) is 4.70. The van der Waals surface area contributed by atoms with Crippen molar-refractivity contribution in [2.75, 3.05) is 7.11 Å². The minimum Gasteiger partial charge on any atom is -0.497 e. The van der Waals surface area contributed by atoms with Gasteiger partial charge >= 0.3 is 16.1 Å². The van der Waals surface area contributed by atoms with Crippen LogP contribution in [0.3, 0.4) is 0 Å². The number of esters is 1. The summed E-state index contributed by atoms with van der Waals surface area (Å²) in [4.78, 5) is 16.4. The van der Waals surface area contributed by atoms with E-state index < -0.39 is 16.1 Å². The van der Waals surface area contributed by atoms with Crippen LogP contribution in [0, 0.1) is 6.92 Å². The highest BCUT2D eigenvalue weighted by molar-refractivity contribution is 7.87. The molecule has 0 bridgehead atoms. The fourth-order valence-electron chi connectivity index (χ4n) is 2.92. The van der Waals surface area contributed by atoms with Gasteiger partial charge in [-0.2, -0.15) is 8.42 Å². The van der Waals surface area contributed by atoms with E-state index in [1.54, 1.807) is 18.2 Å². The summed E-state index contributed by atoms with van der Waals surface area (Å²) < 4.78 is 40.4. The van der Waals surface area contributed by atoms with Crippen molar-refractivity contribution in [2.45, 2.75) is 11.8 Å². The van der Waals surface area contributed by atoms with Gasteiger partial charge < -0.3 is 13.7 Å². The molecule has 8 heteroatoms. The van der Waals surface area contributed by atoms with Crippen LogP contribution in [0.25, 0.3) is 6.08 Å². The Bertz CT molecular complexity index is 1310. The van der Waals surface area contributed by atoms with Crippen molar-refractivity contribution >= 4 is 28.1 Å². The summed E-state index contributed by atoms with van der Waals surface area (Å²) in [5.41, 5.74) is 2.59. The van der Waals surface area contributed by atoms with Crippen LogP contribution in [0.15, 0.2) is 88.4 Å². The molecule has 0 saturated carbocycles. The average molecular weight is 449 g/mol. The second-order valence-corrected chi connectivity index (χ2v) is 8.53. The lowest BCUT2D eigenvalue weighted by atomic mass is 10.1. The van der Waals surface area contributed by atoms with E-state index >= 15 is 0 Å². The molecule has 162 valence electrons. The number of rotatable bonds is 6. The number of aryl methyl sites for hydroxylation is 1. The normalized spacial score (nSPS) is 14.8. The van der Waals surface area contributed by atoms with Gasteiger partial charge in [0.25, 0.3) is 0 Å². The predicted octanol–water partition coefficient (Wildman–Crippen LogP) is 4.12. The lowest BCUT2D eigenvalue weighted by Gasteiger charge is -2.08. The van der Waals surface area contributed by atoms with Gasteiger partial charge in [0.15, 0.2) is 5.70 Å². The van der Waals surface area contributed by atoms with Gasteiger partial charge in [0.2, 0.25) is 5.90 Å². The van der Waals surface area contributed by atoms with E-state index in [0.717, 1.165) is 5.56 Å². The number of benzene rings is 3. The van der Waals surface area contributed by atoms with Gasteiger partial charge in [0.05, 0.1) is 7.11 Å². The summed E-state index contributed by atoms with van der Waals surface area (Å²) in [6.07, 6.45) is 1.56. The Balaban J connectivity index is 1.50. The molecule has 1 aliphatic rings. The molecule has 32 heavy (non-hydrogen) atoms. The number of aliphatic imine (C=N–C) groups is 1. The summed E-state index contributed by atoms with van der Waals surface area (Å²) in [5, 5.41) is 0. The maximum Gasteiger partial charge on any atom is 0.363 e. The van der Waals surface area contributed by atoms with E-state index in [2.05, 4.69) is 4.99 Å². The first kappa shape index (κ1) is 21.3. The van der Waals surface area contributed by atoms with Crippen LogP contribution in [0.5, 0.6) is 11.5 Å². The molecule has 1 aliphatic heterocycles. The highest BCUT2D eigenvalue weighted by Crippen LogP contribution is 2.23. The number of nitrogens with zero attached hydrogens (tertiary/aromatic N) is 1. The van der Waals surface area contributed by atoms with Crippen molar-refractivity contribution in [3.05, 3.63) is 95.2 Å². The highest BCUT2D eigenvalue weighted by Gasteiger charge is 2.24. The van der Waals surface area contributed by atoms with Crippen LogP contribution >= 0.6 is 0 Å². The minimum absolute atomic E-state index is 0.0103. The summed E-state index contributed by atoms with van der Waals surface area (Å²) in [7, 11) is -2.49. The lowest BCUT2D eigenvalue weighted by molar-refractivity contribution is -0.129. The van der Waals surface area contributed by atoms with Crippen LogP contribution in [-0.4, -0.2) is 27.4 Å². The molecule has 3 aromatic rings. The van der Waals surface area contributed by atoms with Gasteiger partial charge in [0.1, 0.15) is 16.4 Å². The smallest absolute Gasteiger partial charge is 0.363 e. The second kappa shape index (κ2) is 8.68. The molecule has 0 fully saturated rings. The van der Waals surface area contributed by atoms with Gasteiger partial charge in [-0.3, -0.25) is 0 Å². The first-order chi connectivity index (χ1) is 15.3.